The van der Waals surface area contributed by atoms with E-state index in [4.69, 9.17) is 0 Å². The lowest BCUT2D eigenvalue weighted by atomic mass is 10.2. The fraction of sp³-hybridized carbons (Fsp3) is 0.474. The van der Waals surface area contributed by atoms with Crippen molar-refractivity contribution in [2.75, 3.05) is 31.1 Å². The summed E-state index contributed by atoms with van der Waals surface area (Å²) in [4.78, 5) is 32.0. The molecule has 0 radical (unpaired) electrons. The Morgan fingerprint density at radius 1 is 1.07 bits per heavy atom. The van der Waals surface area contributed by atoms with Gasteiger partial charge in [0.1, 0.15) is 12.4 Å². The van der Waals surface area contributed by atoms with E-state index >= 15 is 0 Å². The number of aromatic nitrogens is 3. The molecule has 1 saturated heterocycles. The average Bonchev–Trinajstić information content (AvgIpc) is 3.54. The maximum atomic E-state index is 12.7. The molecule has 1 saturated carbocycles. The van der Waals surface area contributed by atoms with Crippen LogP contribution >= 0.6 is 0 Å². The number of piperazine rings is 1. The standard InChI is InChI=1S/C19H20F3N5O2/c20-19(21,22)14-3-5-16(23-11-14)25-7-9-26(10-8-25)18(29)12-27-17(28)6-4-15(24-27)13-1-2-13/h3-6,11,13H,1-2,7-10,12H2. The summed E-state index contributed by atoms with van der Waals surface area (Å²) in [6.45, 7) is 1.60. The van der Waals surface area contributed by atoms with Crippen LogP contribution in [0.5, 0.6) is 0 Å². The second kappa shape index (κ2) is 7.49. The minimum absolute atomic E-state index is 0.113. The first-order valence-corrected chi connectivity index (χ1v) is 9.45. The Bertz CT molecular complexity index is 946. The number of nitrogens with zero attached hydrogens (tertiary/aromatic N) is 5. The molecule has 1 aliphatic carbocycles. The van der Waals surface area contributed by atoms with Gasteiger partial charge in [0.05, 0.1) is 11.3 Å². The van der Waals surface area contributed by atoms with Gasteiger partial charge in [-0.1, -0.05) is 0 Å². The molecular weight excluding hydrogens is 387 g/mol. The minimum Gasteiger partial charge on any atom is -0.353 e. The van der Waals surface area contributed by atoms with Crippen molar-refractivity contribution >= 4 is 11.7 Å². The van der Waals surface area contributed by atoms with Crippen LogP contribution in [0.4, 0.5) is 19.0 Å². The molecule has 0 unspecified atom stereocenters. The van der Waals surface area contributed by atoms with Gasteiger partial charge in [0.15, 0.2) is 0 Å². The largest absolute Gasteiger partial charge is 0.417 e. The summed E-state index contributed by atoms with van der Waals surface area (Å²) in [6, 6.07) is 5.51. The van der Waals surface area contributed by atoms with Gasteiger partial charge in [-0.05, 0) is 31.0 Å². The lowest BCUT2D eigenvalue weighted by Crippen LogP contribution is -2.50. The predicted octanol–water partition coefficient (Wildman–Crippen LogP) is 1.88. The third-order valence-corrected chi connectivity index (χ3v) is 5.20. The van der Waals surface area contributed by atoms with Gasteiger partial charge in [-0.3, -0.25) is 9.59 Å². The van der Waals surface area contributed by atoms with E-state index in [0.29, 0.717) is 37.9 Å². The van der Waals surface area contributed by atoms with Gasteiger partial charge in [0, 0.05) is 44.4 Å². The van der Waals surface area contributed by atoms with Crippen molar-refractivity contribution in [3.8, 4) is 0 Å². The molecule has 29 heavy (non-hydrogen) atoms. The Morgan fingerprint density at radius 2 is 1.79 bits per heavy atom. The van der Waals surface area contributed by atoms with Crippen LogP contribution in [0, 0.1) is 0 Å². The number of carbonyl (C=O) groups is 1. The molecule has 154 valence electrons. The highest BCUT2D eigenvalue weighted by Crippen LogP contribution is 2.38. The highest BCUT2D eigenvalue weighted by atomic mass is 19.4. The summed E-state index contributed by atoms with van der Waals surface area (Å²) in [5, 5.41) is 4.30. The summed E-state index contributed by atoms with van der Waals surface area (Å²) >= 11 is 0. The highest BCUT2D eigenvalue weighted by Gasteiger charge is 2.31. The number of hydrogen-bond acceptors (Lipinski definition) is 5. The van der Waals surface area contributed by atoms with E-state index < -0.39 is 11.7 Å². The van der Waals surface area contributed by atoms with Crippen LogP contribution in [0.15, 0.2) is 35.3 Å². The first-order valence-electron chi connectivity index (χ1n) is 9.45. The van der Waals surface area contributed by atoms with Crippen molar-refractivity contribution in [2.24, 2.45) is 0 Å². The van der Waals surface area contributed by atoms with E-state index in [1.54, 1.807) is 11.0 Å². The van der Waals surface area contributed by atoms with Crippen molar-refractivity contribution in [2.45, 2.75) is 31.5 Å². The smallest absolute Gasteiger partial charge is 0.353 e. The van der Waals surface area contributed by atoms with Gasteiger partial charge in [-0.15, -0.1) is 0 Å². The van der Waals surface area contributed by atoms with E-state index in [-0.39, 0.29) is 18.0 Å². The summed E-state index contributed by atoms with van der Waals surface area (Å²) in [5.41, 5.74) is -0.257. The van der Waals surface area contributed by atoms with Gasteiger partial charge in [-0.2, -0.15) is 18.3 Å². The lowest BCUT2D eigenvalue weighted by molar-refractivity contribution is -0.138. The SMILES string of the molecule is O=C(Cn1nc(C2CC2)ccc1=O)N1CCN(c2ccc(C(F)(F)F)cn2)CC1. The minimum atomic E-state index is -4.42. The van der Waals surface area contributed by atoms with Crippen molar-refractivity contribution in [1.29, 1.82) is 0 Å². The highest BCUT2D eigenvalue weighted by molar-refractivity contribution is 5.76. The molecule has 0 N–H and O–H groups in total. The van der Waals surface area contributed by atoms with Crippen molar-refractivity contribution in [3.63, 3.8) is 0 Å². The van der Waals surface area contributed by atoms with Crippen molar-refractivity contribution in [3.05, 3.63) is 52.1 Å². The fourth-order valence-electron chi connectivity index (χ4n) is 3.33. The summed E-state index contributed by atoms with van der Waals surface area (Å²) in [7, 11) is 0. The zero-order valence-corrected chi connectivity index (χ0v) is 15.6. The number of pyridine rings is 1. The van der Waals surface area contributed by atoms with Crippen LogP contribution in [-0.2, 0) is 17.5 Å². The lowest BCUT2D eigenvalue weighted by Gasteiger charge is -2.35. The number of anilines is 1. The topological polar surface area (TPSA) is 71.3 Å². The Labute approximate surface area is 164 Å². The molecule has 10 heteroatoms. The Kier molecular flexibility index (Phi) is 5.01. The monoisotopic (exact) mass is 407 g/mol. The van der Waals surface area contributed by atoms with E-state index in [0.717, 1.165) is 30.8 Å². The molecule has 0 bridgehead atoms. The molecule has 2 aromatic heterocycles. The van der Waals surface area contributed by atoms with Gasteiger partial charge >= 0.3 is 6.18 Å². The maximum absolute atomic E-state index is 12.7. The van der Waals surface area contributed by atoms with Gasteiger partial charge in [-0.25, -0.2) is 9.67 Å². The van der Waals surface area contributed by atoms with E-state index in [1.165, 1.54) is 16.8 Å². The first-order chi connectivity index (χ1) is 13.8. The average molecular weight is 407 g/mol. The molecule has 2 aliphatic rings. The summed E-state index contributed by atoms with van der Waals surface area (Å²) < 4.78 is 39.2. The second-order valence-corrected chi connectivity index (χ2v) is 7.30. The Morgan fingerprint density at radius 3 is 2.38 bits per heavy atom. The van der Waals surface area contributed by atoms with Gasteiger partial charge in [0.2, 0.25) is 5.91 Å². The third-order valence-electron chi connectivity index (χ3n) is 5.20. The molecule has 0 aromatic carbocycles. The van der Waals surface area contributed by atoms with Crippen LogP contribution < -0.4 is 10.5 Å². The Hall–Kier alpha value is -2.91. The first kappa shape index (κ1) is 19.4. The molecular formula is C19H20F3N5O2. The molecule has 2 fully saturated rings. The van der Waals surface area contributed by atoms with Crippen LogP contribution in [-0.4, -0.2) is 51.8 Å². The van der Waals surface area contributed by atoms with Gasteiger partial charge in [0.25, 0.3) is 5.56 Å². The van der Waals surface area contributed by atoms with Crippen LogP contribution in [0.3, 0.4) is 0 Å². The normalized spacial score (nSPS) is 17.5. The summed E-state index contributed by atoms with van der Waals surface area (Å²) in [6.07, 6.45) is -1.49. The number of halogens is 3. The van der Waals surface area contributed by atoms with Crippen molar-refractivity contribution in [1.82, 2.24) is 19.7 Å². The molecule has 2 aromatic rings. The molecule has 0 atom stereocenters. The van der Waals surface area contributed by atoms with Crippen LogP contribution in [0.25, 0.3) is 0 Å². The number of carbonyl (C=O) groups excluding carboxylic acids is 1. The molecule has 0 spiro atoms. The predicted molar refractivity (Wildman–Crippen MR) is 98.5 cm³/mol. The van der Waals surface area contributed by atoms with Crippen molar-refractivity contribution < 1.29 is 18.0 Å². The Balaban J connectivity index is 1.35. The molecule has 7 nitrogen and oxygen atoms in total. The number of rotatable bonds is 4. The zero-order chi connectivity index (χ0) is 20.6. The van der Waals surface area contributed by atoms with Gasteiger partial charge < -0.3 is 9.80 Å². The van der Waals surface area contributed by atoms with Crippen LogP contribution in [0.2, 0.25) is 0 Å². The molecule has 1 aliphatic heterocycles. The van der Waals surface area contributed by atoms with E-state index in [2.05, 4.69) is 10.1 Å². The molecule has 1 amide bonds. The number of hydrogen-bond donors (Lipinski definition) is 0. The number of amides is 1. The van der Waals surface area contributed by atoms with E-state index in [1.807, 2.05) is 4.90 Å². The van der Waals surface area contributed by atoms with E-state index in [9.17, 15) is 22.8 Å². The van der Waals surface area contributed by atoms with Crippen LogP contribution in [0.1, 0.15) is 30.0 Å². The zero-order valence-electron chi connectivity index (χ0n) is 15.6. The quantitative estimate of drug-likeness (QED) is 0.774. The molecule has 4 rings (SSSR count). The maximum Gasteiger partial charge on any atom is 0.417 e. The third kappa shape index (κ3) is 4.41. The number of alkyl halides is 3. The summed E-state index contributed by atoms with van der Waals surface area (Å²) in [5.74, 6) is 0.629. The fourth-order valence-corrected chi connectivity index (χ4v) is 3.33. The second-order valence-electron chi connectivity index (χ2n) is 7.30. The molecule has 3 heterocycles.